The number of hydrogen-bond acceptors (Lipinski definition) is 4. The number of pyridine rings is 1. The molecule has 20 heavy (non-hydrogen) atoms. The zero-order valence-electron chi connectivity index (χ0n) is 10.2. The molecule has 0 radical (unpaired) electrons. The summed E-state index contributed by atoms with van der Waals surface area (Å²) < 4.78 is 28.8. The van der Waals surface area contributed by atoms with Crippen molar-refractivity contribution in [1.29, 1.82) is 0 Å². The van der Waals surface area contributed by atoms with Gasteiger partial charge < -0.3 is 15.8 Å². The Morgan fingerprint density at radius 1 is 1.30 bits per heavy atom. The van der Waals surface area contributed by atoms with Crippen LogP contribution in [0.3, 0.4) is 0 Å². The minimum absolute atomic E-state index is 0.122. The number of para-hydroxylation sites is 2. The number of carbonyl (C=O) groups excluding carboxylic acids is 1. The van der Waals surface area contributed by atoms with Gasteiger partial charge in [0, 0.05) is 6.20 Å². The standard InChI is InChI=1S/C13H11F2N3O2/c14-13(15)20-11-4-2-1-3-10(11)18-12(19)8-5-6-17-7-9(8)16/h1-7,13H,16H2,(H,18,19). The Morgan fingerprint density at radius 2 is 2.05 bits per heavy atom. The van der Waals surface area contributed by atoms with E-state index in [1.54, 1.807) is 6.07 Å². The summed E-state index contributed by atoms with van der Waals surface area (Å²) in [5, 5.41) is 2.47. The summed E-state index contributed by atoms with van der Waals surface area (Å²) in [5.41, 5.74) is 6.15. The fourth-order valence-corrected chi connectivity index (χ4v) is 1.57. The van der Waals surface area contributed by atoms with Crippen molar-refractivity contribution in [2.75, 3.05) is 11.1 Å². The van der Waals surface area contributed by atoms with Gasteiger partial charge in [-0.3, -0.25) is 9.78 Å². The molecule has 0 atom stereocenters. The summed E-state index contributed by atoms with van der Waals surface area (Å²) in [6, 6.07) is 7.32. The Hall–Kier alpha value is -2.70. The van der Waals surface area contributed by atoms with Gasteiger partial charge in [0.15, 0.2) is 0 Å². The van der Waals surface area contributed by atoms with Crippen LogP contribution in [0.4, 0.5) is 20.2 Å². The van der Waals surface area contributed by atoms with Crippen LogP contribution in [0, 0.1) is 0 Å². The number of carbonyl (C=O) groups is 1. The number of ether oxygens (including phenoxy) is 1. The van der Waals surface area contributed by atoms with E-state index in [1.807, 2.05) is 0 Å². The van der Waals surface area contributed by atoms with E-state index in [1.165, 1.54) is 36.7 Å². The highest BCUT2D eigenvalue weighted by Gasteiger charge is 2.14. The van der Waals surface area contributed by atoms with Crippen molar-refractivity contribution in [2.24, 2.45) is 0 Å². The second kappa shape index (κ2) is 5.96. The quantitative estimate of drug-likeness (QED) is 0.901. The Labute approximate surface area is 113 Å². The summed E-state index contributed by atoms with van der Waals surface area (Å²) in [6.07, 6.45) is 2.74. The third-order valence-electron chi connectivity index (χ3n) is 2.45. The van der Waals surface area contributed by atoms with Gasteiger partial charge in [0.05, 0.1) is 23.1 Å². The van der Waals surface area contributed by atoms with E-state index in [9.17, 15) is 13.6 Å². The summed E-state index contributed by atoms with van der Waals surface area (Å²) in [5.74, 6) is -0.654. The SMILES string of the molecule is Nc1cnccc1C(=O)Nc1ccccc1OC(F)F. The van der Waals surface area contributed by atoms with Gasteiger partial charge in [-0.2, -0.15) is 8.78 Å². The molecule has 0 aliphatic rings. The molecule has 0 saturated carbocycles. The molecule has 0 unspecified atom stereocenters. The highest BCUT2D eigenvalue weighted by atomic mass is 19.3. The first-order valence-electron chi connectivity index (χ1n) is 5.62. The van der Waals surface area contributed by atoms with Crippen LogP contribution < -0.4 is 15.8 Å². The fraction of sp³-hybridized carbons (Fsp3) is 0.0769. The number of nitrogens with one attached hydrogen (secondary N) is 1. The van der Waals surface area contributed by atoms with E-state index >= 15 is 0 Å². The highest BCUT2D eigenvalue weighted by Crippen LogP contribution is 2.26. The average Bonchev–Trinajstić information content (AvgIpc) is 2.41. The first-order chi connectivity index (χ1) is 9.58. The molecule has 0 spiro atoms. The van der Waals surface area contributed by atoms with Crippen LogP contribution in [0.1, 0.15) is 10.4 Å². The first-order valence-corrected chi connectivity index (χ1v) is 5.62. The molecule has 0 bridgehead atoms. The van der Waals surface area contributed by atoms with Gasteiger partial charge in [-0.05, 0) is 18.2 Å². The molecular formula is C13H11F2N3O2. The van der Waals surface area contributed by atoms with Crippen molar-refractivity contribution in [3.63, 3.8) is 0 Å². The van der Waals surface area contributed by atoms with Crippen LogP contribution >= 0.6 is 0 Å². The number of benzene rings is 1. The lowest BCUT2D eigenvalue weighted by Gasteiger charge is -2.12. The molecule has 104 valence electrons. The van der Waals surface area contributed by atoms with Crippen molar-refractivity contribution in [3.05, 3.63) is 48.3 Å². The van der Waals surface area contributed by atoms with Crippen LogP contribution in [0.15, 0.2) is 42.7 Å². The van der Waals surface area contributed by atoms with E-state index < -0.39 is 12.5 Å². The van der Waals surface area contributed by atoms with Crippen LogP contribution in [0.25, 0.3) is 0 Å². The summed E-state index contributed by atoms with van der Waals surface area (Å²) >= 11 is 0. The third kappa shape index (κ3) is 3.19. The van der Waals surface area contributed by atoms with E-state index in [2.05, 4.69) is 15.0 Å². The van der Waals surface area contributed by atoms with Crippen molar-refractivity contribution in [3.8, 4) is 5.75 Å². The van der Waals surface area contributed by atoms with Crippen molar-refractivity contribution in [2.45, 2.75) is 6.61 Å². The molecule has 3 N–H and O–H groups in total. The van der Waals surface area contributed by atoms with Gasteiger partial charge in [0.2, 0.25) is 0 Å². The monoisotopic (exact) mass is 279 g/mol. The number of halogens is 2. The molecule has 5 nitrogen and oxygen atoms in total. The molecule has 2 aromatic rings. The minimum Gasteiger partial charge on any atom is -0.433 e. The zero-order valence-corrected chi connectivity index (χ0v) is 10.2. The van der Waals surface area contributed by atoms with Crippen LogP contribution in [0.5, 0.6) is 5.75 Å². The van der Waals surface area contributed by atoms with Crippen LogP contribution in [-0.2, 0) is 0 Å². The minimum atomic E-state index is -2.97. The third-order valence-corrected chi connectivity index (χ3v) is 2.45. The number of hydrogen-bond donors (Lipinski definition) is 2. The number of rotatable bonds is 4. The first kappa shape index (κ1) is 13.7. The van der Waals surface area contributed by atoms with Crippen LogP contribution in [-0.4, -0.2) is 17.5 Å². The predicted octanol–water partition coefficient (Wildman–Crippen LogP) is 2.52. The number of alkyl halides is 2. The molecule has 1 aromatic carbocycles. The van der Waals surface area contributed by atoms with Crippen molar-refractivity contribution in [1.82, 2.24) is 4.98 Å². The maximum absolute atomic E-state index is 12.3. The number of nitrogen functional groups attached to an aromatic ring is 1. The molecule has 1 aromatic heterocycles. The highest BCUT2D eigenvalue weighted by molar-refractivity contribution is 6.08. The molecule has 0 aliphatic carbocycles. The maximum atomic E-state index is 12.3. The Morgan fingerprint density at radius 3 is 2.75 bits per heavy atom. The molecule has 0 saturated heterocycles. The number of nitrogens with zero attached hydrogens (tertiary/aromatic N) is 1. The normalized spacial score (nSPS) is 10.3. The van der Waals surface area contributed by atoms with Gasteiger partial charge >= 0.3 is 6.61 Å². The van der Waals surface area contributed by atoms with Gasteiger partial charge in [-0.15, -0.1) is 0 Å². The van der Waals surface area contributed by atoms with Gasteiger partial charge in [0.25, 0.3) is 5.91 Å². The van der Waals surface area contributed by atoms with Gasteiger partial charge in [-0.1, -0.05) is 12.1 Å². The second-order valence-corrected chi connectivity index (χ2v) is 3.79. The smallest absolute Gasteiger partial charge is 0.387 e. The summed E-state index contributed by atoms with van der Waals surface area (Å²) in [7, 11) is 0. The molecule has 7 heteroatoms. The lowest BCUT2D eigenvalue weighted by molar-refractivity contribution is -0.0493. The second-order valence-electron chi connectivity index (χ2n) is 3.79. The van der Waals surface area contributed by atoms with E-state index in [4.69, 9.17) is 5.73 Å². The van der Waals surface area contributed by atoms with E-state index in [-0.39, 0.29) is 22.7 Å². The maximum Gasteiger partial charge on any atom is 0.387 e. The fourth-order valence-electron chi connectivity index (χ4n) is 1.57. The number of amides is 1. The van der Waals surface area contributed by atoms with Gasteiger partial charge in [-0.25, -0.2) is 0 Å². The Kier molecular flexibility index (Phi) is 4.09. The summed E-state index contributed by atoms with van der Waals surface area (Å²) in [4.78, 5) is 15.8. The van der Waals surface area contributed by atoms with Crippen molar-refractivity contribution >= 4 is 17.3 Å². The molecule has 0 aliphatic heterocycles. The molecule has 1 heterocycles. The molecule has 1 amide bonds. The Balaban J connectivity index is 2.22. The predicted molar refractivity (Wildman–Crippen MR) is 69.7 cm³/mol. The summed E-state index contributed by atoms with van der Waals surface area (Å²) in [6.45, 7) is -2.97. The molecule has 2 rings (SSSR count). The topological polar surface area (TPSA) is 77.2 Å². The Bertz CT molecular complexity index is 620. The lowest BCUT2D eigenvalue weighted by atomic mass is 10.2. The van der Waals surface area contributed by atoms with Gasteiger partial charge in [0.1, 0.15) is 5.75 Å². The molecule has 0 fully saturated rings. The lowest BCUT2D eigenvalue weighted by Crippen LogP contribution is -2.15. The largest absolute Gasteiger partial charge is 0.433 e. The zero-order chi connectivity index (χ0) is 14.5. The van der Waals surface area contributed by atoms with Crippen molar-refractivity contribution < 1.29 is 18.3 Å². The number of aromatic nitrogens is 1. The average molecular weight is 279 g/mol. The number of anilines is 2. The van der Waals surface area contributed by atoms with Crippen LogP contribution in [0.2, 0.25) is 0 Å². The van der Waals surface area contributed by atoms with E-state index in [0.717, 1.165) is 0 Å². The number of nitrogens with two attached hydrogens (primary N) is 1. The van der Waals surface area contributed by atoms with E-state index in [0.29, 0.717) is 0 Å². The molecular weight excluding hydrogens is 268 g/mol.